The second kappa shape index (κ2) is 5.39. The summed E-state index contributed by atoms with van der Waals surface area (Å²) >= 11 is 0. The van der Waals surface area contributed by atoms with Crippen molar-refractivity contribution in [2.24, 2.45) is 0 Å². The fourth-order valence-corrected chi connectivity index (χ4v) is 1.51. The summed E-state index contributed by atoms with van der Waals surface area (Å²) in [6.45, 7) is 2.38. The molecule has 0 bridgehead atoms. The van der Waals surface area contributed by atoms with Gasteiger partial charge in [-0.3, -0.25) is 4.90 Å². The lowest BCUT2D eigenvalue weighted by atomic mass is 10.1. The number of nitrogens with two attached hydrogens (primary N) is 1. The average Bonchev–Trinajstić information content (AvgIpc) is 2.35. The lowest BCUT2D eigenvalue weighted by Gasteiger charge is -2.25. The minimum Gasteiger partial charge on any atom is -0.478 e. The first-order valence-electron chi connectivity index (χ1n) is 5.50. The minimum atomic E-state index is -1.11. The number of carboxylic acid groups (broad SMARTS) is 1. The minimum absolute atomic E-state index is 0.00959. The molecule has 0 atom stereocenters. The molecule has 0 saturated carbocycles. The third-order valence-corrected chi connectivity index (χ3v) is 2.70. The van der Waals surface area contributed by atoms with Crippen molar-refractivity contribution in [3.63, 3.8) is 0 Å². The zero-order valence-corrected chi connectivity index (χ0v) is 10.7. The summed E-state index contributed by atoms with van der Waals surface area (Å²) in [5.74, 6) is -1.11. The highest BCUT2D eigenvalue weighted by Gasteiger charge is 2.20. The summed E-state index contributed by atoms with van der Waals surface area (Å²) in [5, 5.41) is 9.11. The highest BCUT2D eigenvalue weighted by Crippen LogP contribution is 2.23. The van der Waals surface area contributed by atoms with Crippen molar-refractivity contribution in [2.75, 3.05) is 31.3 Å². The monoisotopic (exact) mass is 251 g/mol. The van der Waals surface area contributed by atoms with Crippen LogP contribution in [-0.2, 0) is 0 Å². The Balaban J connectivity index is 3.16. The SMILES string of the molecule is CCN(C)C(=O)N(C)c1ccc(N)cc1C(=O)O. The molecule has 0 fully saturated rings. The Morgan fingerprint density at radius 1 is 1.33 bits per heavy atom. The molecule has 2 amide bonds. The quantitative estimate of drug-likeness (QED) is 0.796. The maximum absolute atomic E-state index is 12.0. The van der Waals surface area contributed by atoms with E-state index in [1.807, 2.05) is 6.92 Å². The Bertz CT molecular complexity index is 474. The van der Waals surface area contributed by atoms with Crippen molar-refractivity contribution in [3.8, 4) is 0 Å². The van der Waals surface area contributed by atoms with Crippen LogP contribution in [0.25, 0.3) is 0 Å². The Morgan fingerprint density at radius 2 is 1.94 bits per heavy atom. The van der Waals surface area contributed by atoms with Gasteiger partial charge in [0.05, 0.1) is 11.3 Å². The summed E-state index contributed by atoms with van der Waals surface area (Å²) in [7, 11) is 3.18. The molecule has 6 heteroatoms. The summed E-state index contributed by atoms with van der Waals surface area (Å²) in [6.07, 6.45) is 0. The molecule has 0 aliphatic heterocycles. The number of carboxylic acids is 1. The van der Waals surface area contributed by atoms with Crippen molar-refractivity contribution in [3.05, 3.63) is 23.8 Å². The number of anilines is 2. The molecule has 18 heavy (non-hydrogen) atoms. The third-order valence-electron chi connectivity index (χ3n) is 2.70. The normalized spacial score (nSPS) is 9.94. The number of nitrogen functional groups attached to an aromatic ring is 1. The Morgan fingerprint density at radius 3 is 2.44 bits per heavy atom. The first-order valence-corrected chi connectivity index (χ1v) is 5.50. The van der Waals surface area contributed by atoms with E-state index in [-0.39, 0.29) is 11.6 Å². The number of hydrogen-bond donors (Lipinski definition) is 2. The summed E-state index contributed by atoms with van der Waals surface area (Å²) < 4.78 is 0. The standard InChI is InChI=1S/C12H17N3O3/c1-4-14(2)12(18)15(3)10-6-5-8(13)7-9(10)11(16)17/h5-7H,4,13H2,1-3H3,(H,16,17). The van der Waals surface area contributed by atoms with E-state index in [1.165, 1.54) is 29.0 Å². The fourth-order valence-electron chi connectivity index (χ4n) is 1.51. The topological polar surface area (TPSA) is 86.9 Å². The number of aromatic carboxylic acids is 1. The molecule has 6 nitrogen and oxygen atoms in total. The molecule has 0 aromatic heterocycles. The van der Waals surface area contributed by atoms with Crippen LogP contribution in [0, 0.1) is 0 Å². The van der Waals surface area contributed by atoms with Gasteiger partial charge < -0.3 is 15.7 Å². The van der Waals surface area contributed by atoms with Crippen molar-refractivity contribution in [1.82, 2.24) is 4.90 Å². The molecule has 0 aliphatic rings. The van der Waals surface area contributed by atoms with Gasteiger partial charge in [-0.2, -0.15) is 0 Å². The highest BCUT2D eigenvalue weighted by atomic mass is 16.4. The summed E-state index contributed by atoms with van der Waals surface area (Å²) in [6, 6.07) is 4.16. The number of nitrogens with zero attached hydrogens (tertiary/aromatic N) is 2. The van der Waals surface area contributed by atoms with Gasteiger partial charge >= 0.3 is 12.0 Å². The van der Waals surface area contributed by atoms with Gasteiger partial charge in [-0.05, 0) is 25.1 Å². The van der Waals surface area contributed by atoms with Gasteiger partial charge in [0.25, 0.3) is 0 Å². The van der Waals surface area contributed by atoms with E-state index in [9.17, 15) is 9.59 Å². The van der Waals surface area contributed by atoms with Crippen LogP contribution in [0.5, 0.6) is 0 Å². The van der Waals surface area contributed by atoms with E-state index >= 15 is 0 Å². The summed E-state index contributed by atoms with van der Waals surface area (Å²) in [5.41, 5.74) is 6.23. The molecule has 0 unspecified atom stereocenters. The first-order chi connectivity index (χ1) is 8.38. The number of hydrogen-bond acceptors (Lipinski definition) is 3. The second-order valence-corrected chi connectivity index (χ2v) is 3.94. The highest BCUT2D eigenvalue weighted by molar-refractivity contribution is 6.01. The van der Waals surface area contributed by atoms with E-state index in [0.29, 0.717) is 17.9 Å². The van der Waals surface area contributed by atoms with Crippen molar-refractivity contribution >= 4 is 23.4 Å². The Hall–Kier alpha value is -2.24. The van der Waals surface area contributed by atoms with Crippen molar-refractivity contribution < 1.29 is 14.7 Å². The number of urea groups is 1. The molecule has 0 aliphatic carbocycles. The van der Waals surface area contributed by atoms with E-state index in [4.69, 9.17) is 10.8 Å². The number of carbonyl (C=O) groups excluding carboxylic acids is 1. The average molecular weight is 251 g/mol. The van der Waals surface area contributed by atoms with Crippen LogP contribution < -0.4 is 10.6 Å². The molecule has 1 rings (SSSR count). The molecule has 1 aromatic carbocycles. The van der Waals surface area contributed by atoms with Gasteiger partial charge in [-0.1, -0.05) is 0 Å². The molecular weight excluding hydrogens is 234 g/mol. The summed E-state index contributed by atoms with van der Waals surface area (Å²) in [4.78, 5) is 25.9. The second-order valence-electron chi connectivity index (χ2n) is 3.94. The largest absolute Gasteiger partial charge is 0.478 e. The predicted octanol–water partition coefficient (Wildman–Crippen LogP) is 1.47. The molecule has 0 radical (unpaired) electrons. The lowest BCUT2D eigenvalue weighted by Crippen LogP contribution is -2.39. The predicted molar refractivity (Wildman–Crippen MR) is 69.9 cm³/mol. The number of carbonyl (C=O) groups is 2. The maximum Gasteiger partial charge on any atom is 0.337 e. The first kappa shape index (κ1) is 13.8. The fraction of sp³-hybridized carbons (Fsp3) is 0.333. The molecule has 3 N–H and O–H groups in total. The lowest BCUT2D eigenvalue weighted by molar-refractivity contribution is 0.0698. The van der Waals surface area contributed by atoms with Crippen molar-refractivity contribution in [2.45, 2.75) is 6.92 Å². The Kier molecular flexibility index (Phi) is 4.14. The Labute approximate surface area is 106 Å². The van der Waals surface area contributed by atoms with Crippen LogP contribution in [0.15, 0.2) is 18.2 Å². The third kappa shape index (κ3) is 2.71. The molecular formula is C12H17N3O3. The van der Waals surface area contributed by atoms with Gasteiger partial charge in [0.1, 0.15) is 0 Å². The molecule has 98 valence electrons. The van der Waals surface area contributed by atoms with Crippen LogP contribution in [0.2, 0.25) is 0 Å². The zero-order chi connectivity index (χ0) is 13.9. The smallest absolute Gasteiger partial charge is 0.337 e. The van der Waals surface area contributed by atoms with E-state index < -0.39 is 5.97 Å². The van der Waals surface area contributed by atoms with Crippen LogP contribution in [-0.4, -0.2) is 42.6 Å². The van der Waals surface area contributed by atoms with Gasteiger partial charge in [0.2, 0.25) is 0 Å². The van der Waals surface area contributed by atoms with Gasteiger partial charge in [-0.25, -0.2) is 9.59 Å². The van der Waals surface area contributed by atoms with Gasteiger partial charge in [-0.15, -0.1) is 0 Å². The molecule has 0 saturated heterocycles. The molecule has 1 aromatic rings. The van der Waals surface area contributed by atoms with Gasteiger partial charge in [0.15, 0.2) is 0 Å². The van der Waals surface area contributed by atoms with Crippen LogP contribution >= 0.6 is 0 Å². The van der Waals surface area contributed by atoms with E-state index in [1.54, 1.807) is 13.1 Å². The number of amides is 2. The van der Waals surface area contributed by atoms with Crippen molar-refractivity contribution in [1.29, 1.82) is 0 Å². The van der Waals surface area contributed by atoms with Crippen LogP contribution in [0.3, 0.4) is 0 Å². The molecule has 0 heterocycles. The van der Waals surface area contributed by atoms with Gasteiger partial charge in [0, 0.05) is 26.3 Å². The molecule has 0 spiro atoms. The van der Waals surface area contributed by atoms with E-state index in [0.717, 1.165) is 0 Å². The number of rotatable bonds is 3. The van der Waals surface area contributed by atoms with Crippen LogP contribution in [0.1, 0.15) is 17.3 Å². The maximum atomic E-state index is 12.0. The van der Waals surface area contributed by atoms with E-state index in [2.05, 4.69) is 0 Å². The number of benzene rings is 1. The van der Waals surface area contributed by atoms with Crippen LogP contribution in [0.4, 0.5) is 16.2 Å². The zero-order valence-electron chi connectivity index (χ0n) is 10.7.